The maximum absolute atomic E-state index is 13.2. The zero-order chi connectivity index (χ0) is 20.4. The SMILES string of the molecule is Cc1cc(C)n(-c2ccc(C(=O)N(Cc3ccco3)Cc3ccc(C)s3)cn2)n1. The van der Waals surface area contributed by atoms with Crippen molar-refractivity contribution >= 4 is 17.2 Å². The van der Waals surface area contributed by atoms with Crippen LogP contribution in [0.3, 0.4) is 0 Å². The fraction of sp³-hybridized carbons (Fsp3) is 0.227. The van der Waals surface area contributed by atoms with Gasteiger partial charge in [-0.15, -0.1) is 11.3 Å². The quantitative estimate of drug-likeness (QED) is 0.466. The van der Waals surface area contributed by atoms with Crippen molar-refractivity contribution in [1.82, 2.24) is 19.7 Å². The maximum Gasteiger partial charge on any atom is 0.256 e. The van der Waals surface area contributed by atoms with Crippen molar-refractivity contribution in [3.05, 3.63) is 87.4 Å². The Morgan fingerprint density at radius 2 is 2.00 bits per heavy atom. The predicted octanol–water partition coefficient (Wildman–Crippen LogP) is 4.69. The molecule has 0 atom stereocenters. The molecule has 6 nitrogen and oxygen atoms in total. The molecular formula is C22H22N4O2S. The Bertz CT molecular complexity index is 1110. The molecule has 4 aromatic heterocycles. The van der Waals surface area contributed by atoms with Crippen molar-refractivity contribution in [2.75, 3.05) is 0 Å². The van der Waals surface area contributed by atoms with Gasteiger partial charge in [0.05, 0.1) is 30.6 Å². The van der Waals surface area contributed by atoms with Crippen molar-refractivity contribution in [3.63, 3.8) is 0 Å². The molecule has 0 aliphatic carbocycles. The third kappa shape index (κ3) is 4.30. The highest BCUT2D eigenvalue weighted by Crippen LogP contribution is 2.21. The van der Waals surface area contributed by atoms with Gasteiger partial charge >= 0.3 is 0 Å². The Morgan fingerprint density at radius 1 is 1.14 bits per heavy atom. The van der Waals surface area contributed by atoms with Crippen LogP contribution in [0.15, 0.2) is 59.3 Å². The first kappa shape index (κ1) is 19.1. The van der Waals surface area contributed by atoms with Crippen molar-refractivity contribution in [2.24, 2.45) is 0 Å². The summed E-state index contributed by atoms with van der Waals surface area (Å²) in [7, 11) is 0. The van der Waals surface area contributed by atoms with Gasteiger partial charge in [0.1, 0.15) is 5.76 Å². The molecule has 148 valence electrons. The van der Waals surface area contributed by atoms with E-state index in [1.54, 1.807) is 39.4 Å². The van der Waals surface area contributed by atoms with Crippen LogP contribution in [0.25, 0.3) is 5.82 Å². The minimum absolute atomic E-state index is 0.0835. The Labute approximate surface area is 173 Å². The summed E-state index contributed by atoms with van der Waals surface area (Å²) in [6.45, 7) is 6.92. The number of rotatable bonds is 6. The highest BCUT2D eigenvalue weighted by Gasteiger charge is 2.19. The predicted molar refractivity (Wildman–Crippen MR) is 112 cm³/mol. The Morgan fingerprint density at radius 3 is 2.59 bits per heavy atom. The summed E-state index contributed by atoms with van der Waals surface area (Å²) in [5.41, 5.74) is 2.47. The molecule has 0 unspecified atom stereocenters. The van der Waals surface area contributed by atoms with Crippen molar-refractivity contribution < 1.29 is 9.21 Å². The molecule has 0 aliphatic heterocycles. The van der Waals surface area contributed by atoms with E-state index in [4.69, 9.17) is 4.42 Å². The van der Waals surface area contributed by atoms with Crippen LogP contribution in [0.1, 0.15) is 37.3 Å². The molecule has 0 spiro atoms. The van der Waals surface area contributed by atoms with Gasteiger partial charge in [-0.3, -0.25) is 4.79 Å². The van der Waals surface area contributed by atoms with E-state index in [1.807, 2.05) is 38.1 Å². The van der Waals surface area contributed by atoms with E-state index in [9.17, 15) is 4.79 Å². The number of thiophene rings is 1. The van der Waals surface area contributed by atoms with Gasteiger partial charge in [0, 0.05) is 21.6 Å². The number of hydrogen-bond acceptors (Lipinski definition) is 5. The van der Waals surface area contributed by atoms with E-state index in [2.05, 4.69) is 29.1 Å². The molecule has 0 aromatic carbocycles. The first-order valence-corrected chi connectivity index (χ1v) is 10.2. The molecular weight excluding hydrogens is 384 g/mol. The minimum atomic E-state index is -0.0835. The number of carbonyl (C=O) groups excluding carboxylic acids is 1. The summed E-state index contributed by atoms with van der Waals surface area (Å²) in [5, 5.41) is 4.45. The number of pyridine rings is 1. The van der Waals surface area contributed by atoms with E-state index >= 15 is 0 Å². The lowest BCUT2D eigenvalue weighted by atomic mass is 10.2. The average Bonchev–Trinajstić information content (AvgIpc) is 3.43. The first-order chi connectivity index (χ1) is 14.0. The second-order valence-corrected chi connectivity index (χ2v) is 8.37. The van der Waals surface area contributed by atoms with Crippen LogP contribution in [-0.2, 0) is 13.1 Å². The average molecular weight is 407 g/mol. The molecule has 0 saturated carbocycles. The normalized spacial score (nSPS) is 11.0. The summed E-state index contributed by atoms with van der Waals surface area (Å²) in [5.74, 6) is 1.36. The number of amides is 1. The summed E-state index contributed by atoms with van der Waals surface area (Å²) in [6.07, 6.45) is 3.24. The molecule has 29 heavy (non-hydrogen) atoms. The van der Waals surface area contributed by atoms with Gasteiger partial charge in [-0.05, 0) is 63.2 Å². The van der Waals surface area contributed by atoms with Crippen LogP contribution in [0, 0.1) is 20.8 Å². The fourth-order valence-electron chi connectivity index (χ4n) is 3.23. The topological polar surface area (TPSA) is 64.2 Å². The third-order valence-electron chi connectivity index (χ3n) is 4.58. The van der Waals surface area contributed by atoms with E-state index < -0.39 is 0 Å². The molecule has 0 saturated heterocycles. The summed E-state index contributed by atoms with van der Waals surface area (Å²) < 4.78 is 7.24. The Kier molecular flexibility index (Phi) is 5.31. The number of carbonyl (C=O) groups is 1. The molecule has 0 fully saturated rings. The number of aromatic nitrogens is 3. The van der Waals surface area contributed by atoms with Gasteiger partial charge in [0.25, 0.3) is 5.91 Å². The molecule has 0 N–H and O–H groups in total. The number of furan rings is 1. The molecule has 0 aliphatic rings. The summed E-state index contributed by atoms with van der Waals surface area (Å²) in [4.78, 5) is 21.8. The molecule has 0 bridgehead atoms. The smallest absolute Gasteiger partial charge is 0.256 e. The van der Waals surface area contributed by atoms with E-state index in [0.29, 0.717) is 24.5 Å². The van der Waals surface area contributed by atoms with Gasteiger partial charge < -0.3 is 9.32 Å². The minimum Gasteiger partial charge on any atom is -0.467 e. The van der Waals surface area contributed by atoms with Crippen LogP contribution in [-0.4, -0.2) is 25.6 Å². The van der Waals surface area contributed by atoms with Crippen LogP contribution in [0.2, 0.25) is 0 Å². The van der Waals surface area contributed by atoms with Gasteiger partial charge in [-0.2, -0.15) is 5.10 Å². The number of nitrogens with zero attached hydrogens (tertiary/aromatic N) is 4. The zero-order valence-electron chi connectivity index (χ0n) is 16.6. The summed E-state index contributed by atoms with van der Waals surface area (Å²) in [6, 6.07) is 13.5. The van der Waals surface area contributed by atoms with Crippen LogP contribution < -0.4 is 0 Å². The molecule has 4 aromatic rings. The second kappa shape index (κ2) is 8.05. The zero-order valence-corrected chi connectivity index (χ0v) is 17.4. The highest BCUT2D eigenvalue weighted by molar-refractivity contribution is 7.11. The van der Waals surface area contributed by atoms with Gasteiger partial charge in [-0.25, -0.2) is 9.67 Å². The van der Waals surface area contributed by atoms with Gasteiger partial charge in [-0.1, -0.05) is 0 Å². The lowest BCUT2D eigenvalue weighted by molar-refractivity contribution is 0.0719. The van der Waals surface area contributed by atoms with Crippen LogP contribution >= 0.6 is 11.3 Å². The van der Waals surface area contributed by atoms with E-state index in [1.165, 1.54) is 4.88 Å². The Balaban J connectivity index is 1.58. The molecule has 1 amide bonds. The van der Waals surface area contributed by atoms with Crippen molar-refractivity contribution in [2.45, 2.75) is 33.9 Å². The first-order valence-electron chi connectivity index (χ1n) is 9.36. The third-order valence-corrected chi connectivity index (χ3v) is 5.56. The molecule has 4 heterocycles. The van der Waals surface area contributed by atoms with E-state index in [-0.39, 0.29) is 5.91 Å². The van der Waals surface area contributed by atoms with Crippen molar-refractivity contribution in [3.8, 4) is 5.82 Å². The van der Waals surface area contributed by atoms with E-state index in [0.717, 1.165) is 22.0 Å². The number of aryl methyl sites for hydroxylation is 3. The largest absolute Gasteiger partial charge is 0.467 e. The van der Waals surface area contributed by atoms with Crippen LogP contribution in [0.4, 0.5) is 0 Å². The molecule has 4 rings (SSSR count). The van der Waals surface area contributed by atoms with Crippen LogP contribution in [0.5, 0.6) is 0 Å². The van der Waals surface area contributed by atoms with Gasteiger partial charge in [0.2, 0.25) is 0 Å². The number of hydrogen-bond donors (Lipinski definition) is 0. The summed E-state index contributed by atoms with van der Waals surface area (Å²) >= 11 is 1.69. The van der Waals surface area contributed by atoms with Gasteiger partial charge in [0.15, 0.2) is 5.82 Å². The molecule has 0 radical (unpaired) electrons. The second-order valence-electron chi connectivity index (χ2n) is 7.00. The van der Waals surface area contributed by atoms with Crippen molar-refractivity contribution in [1.29, 1.82) is 0 Å². The Hall–Kier alpha value is -3.19. The fourth-order valence-corrected chi connectivity index (χ4v) is 4.14. The molecule has 7 heteroatoms. The highest BCUT2D eigenvalue weighted by atomic mass is 32.1. The lowest BCUT2D eigenvalue weighted by Gasteiger charge is -2.21. The monoisotopic (exact) mass is 406 g/mol. The standard InChI is InChI=1S/C22H22N4O2S/c1-15-11-16(2)26(24-15)21-9-7-18(12-23-21)22(27)25(13-19-5-4-10-28-19)14-20-8-6-17(3)29-20/h4-12H,13-14H2,1-3H3. The lowest BCUT2D eigenvalue weighted by Crippen LogP contribution is -2.29. The maximum atomic E-state index is 13.2.